The van der Waals surface area contributed by atoms with Crippen molar-refractivity contribution in [3.63, 3.8) is 0 Å². The molecule has 1 heterocycles. The molecule has 0 saturated carbocycles. The van der Waals surface area contributed by atoms with Gasteiger partial charge in [-0.1, -0.05) is 6.92 Å². The van der Waals surface area contributed by atoms with Gasteiger partial charge in [-0.25, -0.2) is 0 Å². The molecule has 1 aliphatic heterocycles. The predicted molar refractivity (Wildman–Crippen MR) is 41.9 cm³/mol. The average molecular weight is 143 g/mol. The Morgan fingerprint density at radius 1 is 1.70 bits per heavy atom. The number of aliphatic hydroxyl groups is 1. The summed E-state index contributed by atoms with van der Waals surface area (Å²) in [4.78, 5) is 0. The van der Waals surface area contributed by atoms with Crippen LogP contribution in [0.3, 0.4) is 0 Å². The van der Waals surface area contributed by atoms with E-state index in [0.29, 0.717) is 6.04 Å². The van der Waals surface area contributed by atoms with Crippen LogP contribution in [0.5, 0.6) is 0 Å². The molecule has 0 unspecified atom stereocenters. The summed E-state index contributed by atoms with van der Waals surface area (Å²) in [6.07, 6.45) is 2.70. The normalized spacial score (nSPS) is 41.7. The minimum absolute atomic E-state index is 0.370. The Labute approximate surface area is 62.6 Å². The van der Waals surface area contributed by atoms with Crippen LogP contribution in [0.2, 0.25) is 0 Å². The number of piperidine rings is 1. The molecule has 2 N–H and O–H groups in total. The molecule has 0 aromatic rings. The molecule has 1 rings (SSSR count). The molecule has 2 heteroatoms. The van der Waals surface area contributed by atoms with Crippen LogP contribution in [0.1, 0.15) is 33.1 Å². The first-order chi connectivity index (χ1) is 4.66. The first-order valence-electron chi connectivity index (χ1n) is 4.12. The van der Waals surface area contributed by atoms with Crippen LogP contribution in [-0.2, 0) is 0 Å². The third-order valence-electron chi connectivity index (χ3n) is 2.43. The third kappa shape index (κ3) is 1.70. The van der Waals surface area contributed by atoms with Crippen LogP contribution in [0.25, 0.3) is 0 Å². The summed E-state index contributed by atoms with van der Waals surface area (Å²) in [6.45, 7) is 5.14. The number of hydrogen-bond donors (Lipinski definition) is 2. The molecule has 0 amide bonds. The molecular formula is C8H17NO. The van der Waals surface area contributed by atoms with Crippen LogP contribution < -0.4 is 5.32 Å². The molecule has 0 spiro atoms. The predicted octanol–water partition coefficient (Wildman–Crippen LogP) is 0.899. The van der Waals surface area contributed by atoms with Gasteiger partial charge < -0.3 is 10.4 Å². The van der Waals surface area contributed by atoms with E-state index in [1.54, 1.807) is 0 Å². The van der Waals surface area contributed by atoms with Gasteiger partial charge in [0, 0.05) is 6.04 Å². The highest BCUT2D eigenvalue weighted by Gasteiger charge is 2.29. The SMILES string of the molecule is CC[C@]1(O)CCN[C@H](C)C1. The fourth-order valence-corrected chi connectivity index (χ4v) is 1.62. The minimum atomic E-state index is -0.370. The van der Waals surface area contributed by atoms with Crippen molar-refractivity contribution < 1.29 is 5.11 Å². The van der Waals surface area contributed by atoms with Gasteiger partial charge in [-0.2, -0.15) is 0 Å². The van der Waals surface area contributed by atoms with Crippen molar-refractivity contribution in [3.8, 4) is 0 Å². The van der Waals surface area contributed by atoms with E-state index in [1.807, 2.05) is 0 Å². The van der Waals surface area contributed by atoms with Gasteiger partial charge in [0.1, 0.15) is 0 Å². The van der Waals surface area contributed by atoms with Gasteiger partial charge in [-0.05, 0) is 32.7 Å². The summed E-state index contributed by atoms with van der Waals surface area (Å²) in [5.41, 5.74) is -0.370. The van der Waals surface area contributed by atoms with Gasteiger partial charge in [-0.3, -0.25) is 0 Å². The zero-order valence-electron chi connectivity index (χ0n) is 6.85. The van der Waals surface area contributed by atoms with Crippen molar-refractivity contribution in [3.05, 3.63) is 0 Å². The molecule has 0 radical (unpaired) electrons. The van der Waals surface area contributed by atoms with E-state index < -0.39 is 0 Å². The summed E-state index contributed by atoms with van der Waals surface area (Å²) in [5.74, 6) is 0. The second-order valence-electron chi connectivity index (χ2n) is 3.39. The van der Waals surface area contributed by atoms with Crippen molar-refractivity contribution in [1.29, 1.82) is 0 Å². The Balaban J connectivity index is 2.45. The van der Waals surface area contributed by atoms with E-state index in [-0.39, 0.29) is 5.60 Å². The lowest BCUT2D eigenvalue weighted by molar-refractivity contribution is -0.00496. The van der Waals surface area contributed by atoms with Crippen molar-refractivity contribution in [2.24, 2.45) is 0 Å². The highest BCUT2D eigenvalue weighted by molar-refractivity contribution is 4.86. The fourth-order valence-electron chi connectivity index (χ4n) is 1.62. The minimum Gasteiger partial charge on any atom is -0.390 e. The second kappa shape index (κ2) is 2.89. The molecule has 0 bridgehead atoms. The average Bonchev–Trinajstić information content (AvgIpc) is 1.88. The first-order valence-corrected chi connectivity index (χ1v) is 4.12. The van der Waals surface area contributed by atoms with Crippen LogP contribution in [-0.4, -0.2) is 23.3 Å². The topological polar surface area (TPSA) is 32.3 Å². The van der Waals surface area contributed by atoms with Crippen molar-refractivity contribution >= 4 is 0 Å². The Kier molecular flexibility index (Phi) is 2.32. The largest absolute Gasteiger partial charge is 0.390 e. The van der Waals surface area contributed by atoms with E-state index >= 15 is 0 Å². The first kappa shape index (κ1) is 8.02. The van der Waals surface area contributed by atoms with E-state index in [4.69, 9.17) is 0 Å². The second-order valence-corrected chi connectivity index (χ2v) is 3.39. The van der Waals surface area contributed by atoms with E-state index in [2.05, 4.69) is 19.2 Å². The molecule has 60 valence electrons. The maximum absolute atomic E-state index is 9.81. The maximum atomic E-state index is 9.81. The van der Waals surface area contributed by atoms with Crippen LogP contribution >= 0.6 is 0 Å². The van der Waals surface area contributed by atoms with Crippen molar-refractivity contribution in [2.45, 2.75) is 44.8 Å². The standard InChI is InChI=1S/C8H17NO/c1-3-8(10)4-5-9-7(2)6-8/h7,9-10H,3-6H2,1-2H3/t7-,8+/m1/s1. The van der Waals surface area contributed by atoms with Crippen molar-refractivity contribution in [1.82, 2.24) is 5.32 Å². The zero-order chi connectivity index (χ0) is 7.61. The molecule has 1 aliphatic rings. The molecule has 10 heavy (non-hydrogen) atoms. The number of rotatable bonds is 1. The number of nitrogens with one attached hydrogen (secondary N) is 1. The van der Waals surface area contributed by atoms with Crippen LogP contribution in [0.4, 0.5) is 0 Å². The van der Waals surface area contributed by atoms with Gasteiger partial charge in [0.25, 0.3) is 0 Å². The molecule has 0 aromatic heterocycles. The molecule has 0 aliphatic carbocycles. The lowest BCUT2D eigenvalue weighted by Gasteiger charge is -2.35. The van der Waals surface area contributed by atoms with E-state index in [0.717, 1.165) is 25.8 Å². The molecule has 1 saturated heterocycles. The van der Waals surface area contributed by atoms with Gasteiger partial charge in [-0.15, -0.1) is 0 Å². The van der Waals surface area contributed by atoms with E-state index in [1.165, 1.54) is 0 Å². The summed E-state index contributed by atoms with van der Waals surface area (Å²) in [6, 6.07) is 0.485. The summed E-state index contributed by atoms with van der Waals surface area (Å²) < 4.78 is 0. The lowest BCUT2D eigenvalue weighted by Crippen LogP contribution is -2.46. The van der Waals surface area contributed by atoms with Crippen LogP contribution in [0, 0.1) is 0 Å². The van der Waals surface area contributed by atoms with E-state index in [9.17, 15) is 5.11 Å². The Hall–Kier alpha value is -0.0800. The Morgan fingerprint density at radius 3 is 2.80 bits per heavy atom. The highest BCUT2D eigenvalue weighted by Crippen LogP contribution is 2.24. The van der Waals surface area contributed by atoms with Crippen LogP contribution in [0.15, 0.2) is 0 Å². The zero-order valence-corrected chi connectivity index (χ0v) is 6.85. The molecule has 2 atom stereocenters. The smallest absolute Gasteiger partial charge is 0.0672 e. The maximum Gasteiger partial charge on any atom is 0.0672 e. The summed E-state index contributed by atoms with van der Waals surface area (Å²) >= 11 is 0. The van der Waals surface area contributed by atoms with Gasteiger partial charge in [0.05, 0.1) is 5.60 Å². The quantitative estimate of drug-likeness (QED) is 0.571. The summed E-state index contributed by atoms with van der Waals surface area (Å²) in [5, 5.41) is 13.1. The van der Waals surface area contributed by atoms with Gasteiger partial charge >= 0.3 is 0 Å². The highest BCUT2D eigenvalue weighted by atomic mass is 16.3. The summed E-state index contributed by atoms with van der Waals surface area (Å²) in [7, 11) is 0. The van der Waals surface area contributed by atoms with Gasteiger partial charge in [0.2, 0.25) is 0 Å². The fraction of sp³-hybridized carbons (Fsp3) is 1.00. The number of hydrogen-bond acceptors (Lipinski definition) is 2. The van der Waals surface area contributed by atoms with Gasteiger partial charge in [0.15, 0.2) is 0 Å². The Bertz CT molecular complexity index is 116. The molecule has 1 fully saturated rings. The lowest BCUT2D eigenvalue weighted by atomic mass is 9.86. The molecule has 2 nitrogen and oxygen atoms in total. The monoisotopic (exact) mass is 143 g/mol. The third-order valence-corrected chi connectivity index (χ3v) is 2.43. The molecular weight excluding hydrogens is 126 g/mol. The van der Waals surface area contributed by atoms with Crippen molar-refractivity contribution in [2.75, 3.05) is 6.54 Å². The Morgan fingerprint density at radius 2 is 2.40 bits per heavy atom. The molecule has 0 aromatic carbocycles.